The maximum atomic E-state index is 11.6. The molecule has 2 rings (SSSR count). The molecule has 0 spiro atoms. The van der Waals surface area contributed by atoms with Crippen LogP contribution < -0.4 is 10.5 Å². The zero-order chi connectivity index (χ0) is 17.9. The Morgan fingerprint density at radius 2 is 1.73 bits per heavy atom. The molecule has 1 heterocycles. The lowest BCUT2D eigenvalue weighted by molar-refractivity contribution is -0.131. The number of ether oxygens (including phenoxy) is 1. The lowest BCUT2D eigenvalue weighted by atomic mass is 9.93. The number of nitrogens with two attached hydrogens (primary N) is 1. The molecule has 0 atom stereocenters. The summed E-state index contributed by atoms with van der Waals surface area (Å²) < 4.78 is 5.51. The molecule has 0 aliphatic carbocycles. The van der Waals surface area contributed by atoms with Gasteiger partial charge in [-0.2, -0.15) is 0 Å². The van der Waals surface area contributed by atoms with Crippen LogP contribution in [0.3, 0.4) is 0 Å². The molecule has 0 amide bonds. The molecule has 2 aromatic rings. The monoisotopic (exact) mass is 398 g/mol. The maximum absolute atomic E-state index is 11.6. The minimum absolute atomic E-state index is 0. The standard InChI is InChI=1S/C20H26N2O2.2ClH/c1-12(2)10-18-17(11-21)19(16-8-6-13(3)7-9-16)20(14(4)22-18)24-15(5)23;;/h6-9,12H,10-11,21H2,1-5H3;2*1H. The second kappa shape index (κ2) is 10.5. The number of benzene rings is 1. The minimum Gasteiger partial charge on any atom is -0.424 e. The Labute approximate surface area is 168 Å². The van der Waals surface area contributed by atoms with Crippen LogP contribution in [0.1, 0.15) is 43.3 Å². The highest BCUT2D eigenvalue weighted by Crippen LogP contribution is 2.37. The number of carbonyl (C=O) groups is 1. The molecule has 26 heavy (non-hydrogen) atoms. The molecule has 0 aliphatic rings. The molecule has 4 nitrogen and oxygen atoms in total. The van der Waals surface area contributed by atoms with Gasteiger partial charge in [0.2, 0.25) is 0 Å². The van der Waals surface area contributed by atoms with E-state index in [-0.39, 0.29) is 30.8 Å². The van der Waals surface area contributed by atoms with E-state index in [1.54, 1.807) is 0 Å². The highest BCUT2D eigenvalue weighted by atomic mass is 35.5. The SMILES string of the molecule is CC(=O)Oc1c(C)nc(CC(C)C)c(CN)c1-c1ccc(C)cc1.Cl.Cl. The number of hydrogen-bond acceptors (Lipinski definition) is 4. The fourth-order valence-corrected chi connectivity index (χ4v) is 2.85. The molecule has 0 aliphatic heterocycles. The number of hydrogen-bond donors (Lipinski definition) is 1. The predicted octanol–water partition coefficient (Wildman–Crippen LogP) is 4.79. The van der Waals surface area contributed by atoms with Crippen LogP contribution in [-0.2, 0) is 17.8 Å². The van der Waals surface area contributed by atoms with Gasteiger partial charge in [0.1, 0.15) is 0 Å². The van der Waals surface area contributed by atoms with E-state index in [1.807, 2.05) is 38.1 Å². The van der Waals surface area contributed by atoms with Crippen LogP contribution in [0.15, 0.2) is 24.3 Å². The van der Waals surface area contributed by atoms with Crippen LogP contribution in [0.25, 0.3) is 11.1 Å². The molecular weight excluding hydrogens is 371 g/mol. The van der Waals surface area contributed by atoms with E-state index < -0.39 is 0 Å². The first-order valence-electron chi connectivity index (χ1n) is 8.31. The van der Waals surface area contributed by atoms with Crippen molar-refractivity contribution in [3.8, 4) is 16.9 Å². The molecule has 6 heteroatoms. The summed E-state index contributed by atoms with van der Waals surface area (Å²) in [4.78, 5) is 16.3. The first-order valence-corrected chi connectivity index (χ1v) is 8.31. The largest absolute Gasteiger partial charge is 0.424 e. The van der Waals surface area contributed by atoms with Crippen molar-refractivity contribution in [1.29, 1.82) is 0 Å². The van der Waals surface area contributed by atoms with Gasteiger partial charge in [0.15, 0.2) is 5.75 Å². The molecular formula is C20H28Cl2N2O2. The van der Waals surface area contributed by atoms with Gasteiger partial charge < -0.3 is 10.5 Å². The fourth-order valence-electron chi connectivity index (χ4n) is 2.85. The average Bonchev–Trinajstić information content (AvgIpc) is 2.49. The minimum atomic E-state index is -0.354. The number of carbonyl (C=O) groups excluding carboxylic acids is 1. The molecule has 144 valence electrons. The predicted molar refractivity (Wildman–Crippen MR) is 111 cm³/mol. The van der Waals surface area contributed by atoms with Crippen molar-refractivity contribution in [2.24, 2.45) is 11.7 Å². The topological polar surface area (TPSA) is 65.2 Å². The van der Waals surface area contributed by atoms with Gasteiger partial charge in [-0.3, -0.25) is 9.78 Å². The zero-order valence-electron chi connectivity index (χ0n) is 16.0. The summed E-state index contributed by atoms with van der Waals surface area (Å²) in [7, 11) is 0. The molecule has 0 saturated carbocycles. The highest BCUT2D eigenvalue weighted by molar-refractivity contribution is 5.85. The Morgan fingerprint density at radius 1 is 1.15 bits per heavy atom. The van der Waals surface area contributed by atoms with Gasteiger partial charge in [0.25, 0.3) is 0 Å². The Balaban J connectivity index is 0.00000312. The summed E-state index contributed by atoms with van der Waals surface area (Å²) in [6.07, 6.45) is 0.840. The summed E-state index contributed by atoms with van der Waals surface area (Å²) in [6, 6.07) is 8.17. The molecule has 0 saturated heterocycles. The van der Waals surface area contributed by atoms with Crippen molar-refractivity contribution in [3.63, 3.8) is 0 Å². The van der Waals surface area contributed by atoms with Gasteiger partial charge in [-0.15, -0.1) is 24.8 Å². The quantitative estimate of drug-likeness (QED) is 0.734. The van der Waals surface area contributed by atoms with Gasteiger partial charge >= 0.3 is 5.97 Å². The van der Waals surface area contributed by atoms with Gasteiger partial charge in [0, 0.05) is 24.7 Å². The second-order valence-electron chi connectivity index (χ2n) is 6.59. The van der Waals surface area contributed by atoms with Crippen molar-refractivity contribution < 1.29 is 9.53 Å². The summed E-state index contributed by atoms with van der Waals surface area (Å²) in [6.45, 7) is 9.99. The molecule has 0 unspecified atom stereocenters. The van der Waals surface area contributed by atoms with E-state index in [2.05, 4.69) is 18.8 Å². The van der Waals surface area contributed by atoms with Gasteiger partial charge in [-0.25, -0.2) is 0 Å². The van der Waals surface area contributed by atoms with Crippen molar-refractivity contribution in [2.45, 2.75) is 47.6 Å². The average molecular weight is 399 g/mol. The maximum Gasteiger partial charge on any atom is 0.308 e. The highest BCUT2D eigenvalue weighted by Gasteiger charge is 2.21. The summed E-state index contributed by atoms with van der Waals surface area (Å²) >= 11 is 0. The third kappa shape index (κ3) is 5.70. The third-order valence-electron chi connectivity index (χ3n) is 3.90. The molecule has 0 bridgehead atoms. The smallest absolute Gasteiger partial charge is 0.308 e. The Hall–Kier alpha value is -1.62. The van der Waals surface area contributed by atoms with E-state index in [4.69, 9.17) is 10.5 Å². The van der Waals surface area contributed by atoms with Gasteiger partial charge in [-0.1, -0.05) is 43.7 Å². The van der Waals surface area contributed by atoms with Gasteiger partial charge in [0.05, 0.1) is 5.69 Å². The number of rotatable bonds is 5. The van der Waals surface area contributed by atoms with Crippen LogP contribution in [0.4, 0.5) is 0 Å². The van der Waals surface area contributed by atoms with Crippen LogP contribution in [-0.4, -0.2) is 11.0 Å². The molecule has 1 aromatic carbocycles. The number of nitrogens with zero attached hydrogens (tertiary/aromatic N) is 1. The van der Waals surface area contributed by atoms with E-state index in [1.165, 1.54) is 12.5 Å². The fraction of sp³-hybridized carbons (Fsp3) is 0.400. The number of esters is 1. The van der Waals surface area contributed by atoms with E-state index in [0.717, 1.165) is 28.8 Å². The van der Waals surface area contributed by atoms with E-state index >= 15 is 0 Å². The molecule has 2 N–H and O–H groups in total. The molecule has 1 aromatic heterocycles. The third-order valence-corrected chi connectivity index (χ3v) is 3.90. The second-order valence-corrected chi connectivity index (χ2v) is 6.59. The number of halogens is 2. The van der Waals surface area contributed by atoms with Crippen molar-refractivity contribution in [2.75, 3.05) is 0 Å². The Kier molecular flexibility index (Phi) is 9.85. The summed E-state index contributed by atoms with van der Waals surface area (Å²) in [5.74, 6) is 0.625. The number of pyridine rings is 1. The van der Waals surface area contributed by atoms with Gasteiger partial charge in [-0.05, 0) is 37.3 Å². The Bertz CT molecular complexity index is 744. The summed E-state index contributed by atoms with van der Waals surface area (Å²) in [5, 5.41) is 0. The van der Waals surface area contributed by atoms with Crippen molar-refractivity contribution in [1.82, 2.24) is 4.98 Å². The zero-order valence-corrected chi connectivity index (χ0v) is 17.6. The summed E-state index contributed by atoms with van der Waals surface area (Å²) in [5.41, 5.74) is 11.8. The van der Waals surface area contributed by atoms with Crippen LogP contribution in [0, 0.1) is 19.8 Å². The first kappa shape index (κ1) is 24.4. The first-order chi connectivity index (χ1) is 11.3. The molecule has 0 radical (unpaired) electrons. The lowest BCUT2D eigenvalue weighted by Gasteiger charge is -2.20. The lowest BCUT2D eigenvalue weighted by Crippen LogP contribution is -2.14. The van der Waals surface area contributed by atoms with Crippen LogP contribution in [0.2, 0.25) is 0 Å². The van der Waals surface area contributed by atoms with Crippen LogP contribution >= 0.6 is 24.8 Å². The number of aromatic nitrogens is 1. The van der Waals surface area contributed by atoms with Crippen LogP contribution in [0.5, 0.6) is 5.75 Å². The molecule has 0 fully saturated rings. The Morgan fingerprint density at radius 3 is 2.19 bits per heavy atom. The van der Waals surface area contributed by atoms with Crippen molar-refractivity contribution >= 4 is 30.8 Å². The number of aryl methyl sites for hydroxylation is 2. The van der Waals surface area contributed by atoms with E-state index in [0.29, 0.717) is 23.9 Å². The van der Waals surface area contributed by atoms with Crippen molar-refractivity contribution in [3.05, 3.63) is 46.8 Å². The van der Waals surface area contributed by atoms with E-state index in [9.17, 15) is 4.79 Å². The normalized spacial score (nSPS) is 10.1.